The summed E-state index contributed by atoms with van der Waals surface area (Å²) in [5, 5.41) is 4.02. The minimum atomic E-state index is -4.43. The number of hydrogen-bond donors (Lipinski definition) is 2. The van der Waals surface area contributed by atoms with Crippen LogP contribution >= 0.6 is 23.2 Å². The van der Waals surface area contributed by atoms with Crippen LogP contribution in [0.2, 0.25) is 10.0 Å². The molecule has 9 heteroatoms. The summed E-state index contributed by atoms with van der Waals surface area (Å²) in [6, 6.07) is 2.35. The van der Waals surface area contributed by atoms with E-state index in [9.17, 15) is 8.42 Å². The standard InChI is InChI=1S/C10H9Cl2N3O3S/c1-5-8(13)4-15(14-5)9-2-7(12)10(3-6(9)11)19(16,17)18/h2-4H,13H2,1H3,(H,16,17,18). The van der Waals surface area contributed by atoms with E-state index < -0.39 is 15.0 Å². The fraction of sp³-hybridized carbons (Fsp3) is 0.100. The molecule has 0 saturated carbocycles. The minimum absolute atomic E-state index is 0.0690. The summed E-state index contributed by atoms with van der Waals surface area (Å²) < 4.78 is 32.5. The van der Waals surface area contributed by atoms with Crippen molar-refractivity contribution in [3.8, 4) is 5.69 Å². The number of anilines is 1. The first-order valence-corrected chi connectivity index (χ1v) is 7.18. The second kappa shape index (κ2) is 4.68. The van der Waals surface area contributed by atoms with Gasteiger partial charge in [-0.2, -0.15) is 13.5 Å². The summed E-state index contributed by atoms with van der Waals surface area (Å²) in [5.41, 5.74) is 7.10. The van der Waals surface area contributed by atoms with Crippen LogP contribution in [-0.2, 0) is 10.1 Å². The van der Waals surface area contributed by atoms with Crippen LogP contribution in [0.4, 0.5) is 5.69 Å². The molecule has 1 aromatic carbocycles. The number of rotatable bonds is 2. The Labute approximate surface area is 119 Å². The molecule has 6 nitrogen and oxygen atoms in total. The molecule has 1 aromatic heterocycles. The third-order valence-corrected chi connectivity index (χ3v) is 4.08. The first kappa shape index (κ1) is 14.1. The predicted octanol–water partition coefficient (Wildman–Crippen LogP) is 2.32. The number of benzene rings is 1. The van der Waals surface area contributed by atoms with Crippen LogP contribution < -0.4 is 5.73 Å². The Hall–Kier alpha value is -1.28. The van der Waals surface area contributed by atoms with Gasteiger partial charge in [0.2, 0.25) is 0 Å². The Morgan fingerprint density at radius 2 is 1.95 bits per heavy atom. The van der Waals surface area contributed by atoms with Crippen LogP contribution in [0.1, 0.15) is 5.69 Å². The molecule has 0 saturated heterocycles. The Bertz CT molecular complexity index is 736. The number of aromatic nitrogens is 2. The second-order valence-electron chi connectivity index (χ2n) is 3.82. The van der Waals surface area contributed by atoms with Gasteiger partial charge in [-0.25, -0.2) is 4.68 Å². The minimum Gasteiger partial charge on any atom is -0.396 e. The van der Waals surface area contributed by atoms with Crippen molar-refractivity contribution in [1.29, 1.82) is 0 Å². The molecule has 19 heavy (non-hydrogen) atoms. The van der Waals surface area contributed by atoms with Crippen LogP contribution in [0.5, 0.6) is 0 Å². The van der Waals surface area contributed by atoms with Gasteiger partial charge >= 0.3 is 0 Å². The van der Waals surface area contributed by atoms with E-state index in [1.54, 1.807) is 6.92 Å². The molecule has 0 fully saturated rings. The fourth-order valence-corrected chi connectivity index (χ4v) is 2.83. The summed E-state index contributed by atoms with van der Waals surface area (Å²) in [5.74, 6) is 0. The van der Waals surface area contributed by atoms with Gasteiger partial charge in [-0.15, -0.1) is 0 Å². The molecule has 0 atom stereocenters. The van der Waals surface area contributed by atoms with Crippen molar-refractivity contribution in [2.24, 2.45) is 0 Å². The molecule has 0 bridgehead atoms. The number of aryl methyl sites for hydroxylation is 1. The number of nitrogen functional groups attached to an aromatic ring is 1. The highest BCUT2D eigenvalue weighted by atomic mass is 35.5. The number of nitrogens with two attached hydrogens (primary N) is 1. The predicted molar refractivity (Wildman–Crippen MR) is 72.5 cm³/mol. The van der Waals surface area contributed by atoms with E-state index in [1.165, 1.54) is 16.9 Å². The van der Waals surface area contributed by atoms with Crippen molar-refractivity contribution in [1.82, 2.24) is 9.78 Å². The first-order valence-electron chi connectivity index (χ1n) is 4.99. The van der Waals surface area contributed by atoms with Gasteiger partial charge in [-0.3, -0.25) is 4.55 Å². The molecule has 2 aromatic rings. The van der Waals surface area contributed by atoms with E-state index in [0.717, 1.165) is 6.07 Å². The van der Waals surface area contributed by atoms with Crippen LogP contribution in [0, 0.1) is 6.92 Å². The number of hydrogen-bond acceptors (Lipinski definition) is 4. The van der Waals surface area contributed by atoms with Gasteiger partial charge in [0.25, 0.3) is 10.1 Å². The Morgan fingerprint density at radius 1 is 1.32 bits per heavy atom. The van der Waals surface area contributed by atoms with E-state index in [0.29, 0.717) is 17.1 Å². The third-order valence-electron chi connectivity index (χ3n) is 2.46. The second-order valence-corrected chi connectivity index (χ2v) is 6.03. The van der Waals surface area contributed by atoms with E-state index in [4.69, 9.17) is 33.5 Å². The van der Waals surface area contributed by atoms with Gasteiger partial charge in [0.05, 0.1) is 33.3 Å². The zero-order valence-electron chi connectivity index (χ0n) is 9.63. The monoisotopic (exact) mass is 321 g/mol. The van der Waals surface area contributed by atoms with Gasteiger partial charge in [0.1, 0.15) is 4.90 Å². The maximum absolute atomic E-state index is 11.1. The van der Waals surface area contributed by atoms with E-state index in [2.05, 4.69) is 5.10 Å². The fourth-order valence-electron chi connectivity index (χ4n) is 1.49. The lowest BCUT2D eigenvalue weighted by Gasteiger charge is -2.08. The van der Waals surface area contributed by atoms with E-state index >= 15 is 0 Å². The van der Waals surface area contributed by atoms with Crippen LogP contribution in [0.15, 0.2) is 23.2 Å². The number of nitrogens with zero attached hydrogens (tertiary/aromatic N) is 2. The van der Waals surface area contributed by atoms with Crippen LogP contribution in [0.3, 0.4) is 0 Å². The highest BCUT2D eigenvalue weighted by molar-refractivity contribution is 7.86. The average molecular weight is 322 g/mol. The summed E-state index contributed by atoms with van der Waals surface area (Å²) in [6.07, 6.45) is 1.53. The zero-order chi connectivity index (χ0) is 14.4. The normalized spacial score (nSPS) is 11.8. The highest BCUT2D eigenvalue weighted by Crippen LogP contribution is 2.31. The molecule has 1 heterocycles. The van der Waals surface area contributed by atoms with Crippen molar-refractivity contribution < 1.29 is 13.0 Å². The maximum atomic E-state index is 11.1. The smallest absolute Gasteiger partial charge is 0.296 e. The Kier molecular flexibility index (Phi) is 3.48. The molecule has 0 unspecified atom stereocenters. The lowest BCUT2D eigenvalue weighted by atomic mass is 10.3. The molecule has 0 aliphatic rings. The molecule has 2 rings (SSSR count). The number of halogens is 2. The molecule has 0 aliphatic heterocycles. The van der Waals surface area contributed by atoms with Gasteiger partial charge in [0.15, 0.2) is 0 Å². The quantitative estimate of drug-likeness (QED) is 0.827. The highest BCUT2D eigenvalue weighted by Gasteiger charge is 2.18. The largest absolute Gasteiger partial charge is 0.396 e. The zero-order valence-corrected chi connectivity index (χ0v) is 12.0. The summed E-state index contributed by atoms with van der Waals surface area (Å²) in [4.78, 5) is -0.459. The van der Waals surface area contributed by atoms with Crippen molar-refractivity contribution in [2.45, 2.75) is 11.8 Å². The van der Waals surface area contributed by atoms with Gasteiger partial charge < -0.3 is 5.73 Å². The van der Waals surface area contributed by atoms with Crippen molar-refractivity contribution in [3.05, 3.63) is 34.1 Å². The van der Waals surface area contributed by atoms with Crippen molar-refractivity contribution in [3.63, 3.8) is 0 Å². The molecular formula is C10H9Cl2N3O3S. The molecule has 3 N–H and O–H groups in total. The van der Waals surface area contributed by atoms with Crippen molar-refractivity contribution in [2.75, 3.05) is 5.73 Å². The van der Waals surface area contributed by atoms with Gasteiger partial charge in [-0.1, -0.05) is 23.2 Å². The van der Waals surface area contributed by atoms with Gasteiger partial charge in [-0.05, 0) is 19.1 Å². The molecule has 0 amide bonds. The van der Waals surface area contributed by atoms with Crippen LogP contribution in [0.25, 0.3) is 5.69 Å². The summed E-state index contributed by atoms with van der Waals surface area (Å²) in [6.45, 7) is 1.72. The summed E-state index contributed by atoms with van der Waals surface area (Å²) in [7, 11) is -4.43. The lowest BCUT2D eigenvalue weighted by Crippen LogP contribution is -2.02. The Morgan fingerprint density at radius 3 is 2.42 bits per heavy atom. The molecule has 0 radical (unpaired) electrons. The molecule has 102 valence electrons. The molecule has 0 aliphatic carbocycles. The van der Waals surface area contributed by atoms with Crippen molar-refractivity contribution >= 4 is 39.0 Å². The SMILES string of the molecule is Cc1nn(-c2cc(Cl)c(S(=O)(=O)O)cc2Cl)cc1N. The lowest BCUT2D eigenvalue weighted by molar-refractivity contribution is 0.483. The first-order chi connectivity index (χ1) is 8.70. The third kappa shape index (κ3) is 2.69. The topological polar surface area (TPSA) is 98.2 Å². The average Bonchev–Trinajstić information content (AvgIpc) is 2.60. The van der Waals surface area contributed by atoms with Crippen LogP contribution in [-0.4, -0.2) is 22.8 Å². The molecule has 0 spiro atoms. The van der Waals surface area contributed by atoms with E-state index in [1.807, 2.05) is 0 Å². The van der Waals surface area contributed by atoms with E-state index in [-0.39, 0.29) is 10.0 Å². The summed E-state index contributed by atoms with van der Waals surface area (Å²) >= 11 is 11.8. The maximum Gasteiger partial charge on any atom is 0.296 e. The Balaban J connectivity index is 2.65. The molecular weight excluding hydrogens is 313 g/mol. The van der Waals surface area contributed by atoms with Gasteiger partial charge in [0, 0.05) is 0 Å².